The van der Waals surface area contributed by atoms with Gasteiger partial charge in [-0.3, -0.25) is 4.79 Å². The number of hydrogen-bond acceptors (Lipinski definition) is 12. The lowest BCUT2D eigenvalue weighted by molar-refractivity contribution is -0.292. The highest BCUT2D eigenvalue weighted by Crippen LogP contribution is 2.40. The van der Waals surface area contributed by atoms with Gasteiger partial charge in [-0.15, -0.1) is 0 Å². The quantitative estimate of drug-likeness (QED) is 0.123. The van der Waals surface area contributed by atoms with Gasteiger partial charge >= 0.3 is 0 Å². The number of hydrogen-bond donors (Lipinski definition) is 9. The first-order valence-electron chi connectivity index (χ1n) is 14.6. The van der Waals surface area contributed by atoms with Crippen LogP contribution in [0.3, 0.4) is 0 Å². The monoisotopic (exact) mass is 570 g/mol. The van der Waals surface area contributed by atoms with E-state index >= 15 is 0 Å². The van der Waals surface area contributed by atoms with E-state index in [1.54, 1.807) is 14.0 Å². The number of likely N-dealkylation sites (N-methyl/N-ethyl adjacent to an activating group) is 1. The van der Waals surface area contributed by atoms with Crippen LogP contribution in [0.5, 0.6) is 0 Å². The number of nitrogens with one attached hydrogen (secondary N) is 4. The fourth-order valence-corrected chi connectivity index (χ4v) is 6.63. The summed E-state index contributed by atoms with van der Waals surface area (Å²) in [7, 11) is 1.66. The van der Waals surface area contributed by atoms with E-state index < -0.39 is 48.2 Å². The van der Waals surface area contributed by atoms with Crippen molar-refractivity contribution in [2.75, 3.05) is 46.4 Å². The third kappa shape index (κ3) is 7.14. The lowest BCUT2D eigenvalue weighted by Gasteiger charge is -2.50. The van der Waals surface area contributed by atoms with Crippen LogP contribution in [-0.2, 0) is 19.0 Å². The molecule has 3 aliphatic heterocycles. The van der Waals surface area contributed by atoms with Crippen LogP contribution in [0.1, 0.15) is 33.1 Å². The van der Waals surface area contributed by atoms with E-state index in [0.717, 1.165) is 38.2 Å². The van der Waals surface area contributed by atoms with Gasteiger partial charge in [-0.05, 0) is 51.1 Å². The minimum atomic E-state index is -1.36. The van der Waals surface area contributed by atoms with Gasteiger partial charge in [0.15, 0.2) is 6.29 Å². The van der Waals surface area contributed by atoms with Gasteiger partial charge < -0.3 is 62.3 Å². The van der Waals surface area contributed by atoms with E-state index in [0.29, 0.717) is 18.9 Å². The lowest BCUT2D eigenvalue weighted by atomic mass is 9.69. The van der Waals surface area contributed by atoms with Gasteiger partial charge in [0.25, 0.3) is 0 Å². The van der Waals surface area contributed by atoms with Gasteiger partial charge in [0.2, 0.25) is 5.91 Å². The van der Waals surface area contributed by atoms with Crippen molar-refractivity contribution in [3.63, 3.8) is 0 Å². The van der Waals surface area contributed by atoms with E-state index in [-0.39, 0.29) is 37.1 Å². The number of carbonyl (C=O) groups is 1. The molecule has 1 aliphatic carbocycles. The van der Waals surface area contributed by atoms with Crippen LogP contribution in [-0.4, -0.2) is 122 Å². The topological polar surface area (TPSA) is 206 Å². The first-order chi connectivity index (χ1) is 19.1. The predicted molar refractivity (Wildman–Crippen MR) is 148 cm³/mol. The fraction of sp³-hybridized carbons (Fsp3) is 0.889. The number of carbonyl (C=O) groups excluding carboxylic acids is 1. The molecule has 0 radical (unpaired) electrons. The number of allylic oxidation sites excluding steroid dienone is 1. The first kappa shape index (κ1) is 31.5. The molecule has 13 heteroatoms. The zero-order valence-electron chi connectivity index (χ0n) is 23.9. The van der Waals surface area contributed by atoms with Crippen molar-refractivity contribution in [1.82, 2.24) is 21.3 Å². The molecule has 11 unspecified atom stereocenters. The molecular weight excluding hydrogens is 520 g/mol. The highest BCUT2D eigenvalue weighted by Gasteiger charge is 2.51. The Bertz CT molecular complexity index is 874. The lowest BCUT2D eigenvalue weighted by Crippen LogP contribution is -2.67. The molecule has 1 amide bonds. The molecule has 4 rings (SSSR count). The molecule has 11 atom stereocenters. The summed E-state index contributed by atoms with van der Waals surface area (Å²) in [6.07, 6.45) is -0.137. The minimum Gasteiger partial charge on any atom is -0.493 e. The van der Waals surface area contributed by atoms with Crippen molar-refractivity contribution in [1.29, 1.82) is 0 Å². The summed E-state index contributed by atoms with van der Waals surface area (Å²) in [5.74, 6) is 0.659. The van der Waals surface area contributed by atoms with Crippen molar-refractivity contribution in [3.05, 3.63) is 11.8 Å². The number of ether oxygens (including phenoxy) is 3. The van der Waals surface area contributed by atoms with Crippen LogP contribution in [0, 0.1) is 17.8 Å². The maximum Gasteiger partial charge on any atom is 0.250 e. The van der Waals surface area contributed by atoms with Crippen molar-refractivity contribution in [2.24, 2.45) is 29.2 Å². The molecule has 0 aromatic rings. The summed E-state index contributed by atoms with van der Waals surface area (Å²) in [5, 5.41) is 44.3. The van der Waals surface area contributed by atoms with Crippen LogP contribution < -0.4 is 32.7 Å². The second kappa shape index (κ2) is 13.7. The normalized spacial score (nSPS) is 41.4. The van der Waals surface area contributed by atoms with Gasteiger partial charge in [-0.25, -0.2) is 0 Å². The van der Waals surface area contributed by atoms with E-state index in [9.17, 15) is 20.1 Å². The molecule has 40 heavy (non-hydrogen) atoms. The van der Waals surface area contributed by atoms with Gasteiger partial charge in [0, 0.05) is 38.1 Å². The van der Waals surface area contributed by atoms with E-state index in [2.05, 4.69) is 27.3 Å². The number of aliphatic hydroxyl groups is 3. The highest BCUT2D eigenvalue weighted by molar-refractivity contribution is 5.81. The minimum absolute atomic E-state index is 0.0446. The van der Waals surface area contributed by atoms with Crippen molar-refractivity contribution < 1.29 is 34.3 Å². The SMILES string of the molecule is CNC1C(O)C(OC2C(NC(=O)C(O)CN)CC(N)C(C3CCC=C(CNCC4CNC4)O3)C2C)OCC1(C)O. The molecule has 2 saturated heterocycles. The van der Waals surface area contributed by atoms with Crippen LogP contribution >= 0.6 is 0 Å². The molecule has 0 spiro atoms. The molecule has 11 N–H and O–H groups in total. The Labute approximate surface area is 236 Å². The second-order valence-electron chi connectivity index (χ2n) is 12.2. The number of nitrogens with two attached hydrogens (primary N) is 2. The summed E-state index contributed by atoms with van der Waals surface area (Å²) in [5.41, 5.74) is 11.0. The van der Waals surface area contributed by atoms with Crippen molar-refractivity contribution in [3.8, 4) is 0 Å². The highest BCUT2D eigenvalue weighted by atomic mass is 16.7. The molecule has 1 saturated carbocycles. The summed E-state index contributed by atoms with van der Waals surface area (Å²) in [6, 6.07) is -1.55. The van der Waals surface area contributed by atoms with Gasteiger partial charge in [-0.2, -0.15) is 0 Å². The van der Waals surface area contributed by atoms with Crippen LogP contribution in [0.25, 0.3) is 0 Å². The first-order valence-corrected chi connectivity index (χ1v) is 14.6. The molecule has 4 aliphatic rings. The Morgan fingerprint density at radius 2 is 2.12 bits per heavy atom. The van der Waals surface area contributed by atoms with Crippen molar-refractivity contribution >= 4 is 5.91 Å². The molecule has 0 bridgehead atoms. The van der Waals surface area contributed by atoms with Crippen LogP contribution in [0.2, 0.25) is 0 Å². The maximum atomic E-state index is 12.6. The molecular formula is C27H50N6O7. The zero-order valence-corrected chi connectivity index (χ0v) is 23.9. The summed E-state index contributed by atoms with van der Waals surface area (Å²) in [4.78, 5) is 12.6. The van der Waals surface area contributed by atoms with Crippen LogP contribution in [0.15, 0.2) is 11.8 Å². The summed E-state index contributed by atoms with van der Waals surface area (Å²) in [6.45, 7) is 7.02. The molecule has 0 aromatic carbocycles. The third-order valence-electron chi connectivity index (χ3n) is 8.98. The standard InChI is InChI=1S/C27H50N6O7/c1-14-21(20-6-4-5-16(39-20)12-32-11-15-9-31-10-15)17(29)7-18(33-25(36)19(34)8-28)23(14)40-26-22(35)24(30-3)27(2,37)13-38-26/h5,14-15,17-24,26,30-32,34-35,37H,4,6-13,28-29H2,1-3H3,(H,33,36). The molecule has 230 valence electrons. The Hall–Kier alpha value is -1.39. The number of amides is 1. The molecule has 13 nitrogen and oxygen atoms in total. The van der Waals surface area contributed by atoms with Crippen molar-refractivity contribution in [2.45, 2.75) is 87.5 Å². The molecule has 3 heterocycles. The van der Waals surface area contributed by atoms with Gasteiger partial charge in [-0.1, -0.05) is 6.92 Å². The Morgan fingerprint density at radius 1 is 1.38 bits per heavy atom. The third-order valence-corrected chi connectivity index (χ3v) is 8.98. The van der Waals surface area contributed by atoms with Crippen LogP contribution in [0.4, 0.5) is 0 Å². The van der Waals surface area contributed by atoms with Gasteiger partial charge in [0.05, 0.1) is 31.3 Å². The number of rotatable bonds is 11. The average molecular weight is 571 g/mol. The maximum absolute atomic E-state index is 12.6. The molecule has 0 aromatic heterocycles. The number of aliphatic hydroxyl groups excluding tert-OH is 2. The smallest absolute Gasteiger partial charge is 0.250 e. The fourth-order valence-electron chi connectivity index (χ4n) is 6.63. The Morgan fingerprint density at radius 3 is 2.77 bits per heavy atom. The Kier molecular flexibility index (Phi) is 10.8. The van der Waals surface area contributed by atoms with E-state index in [1.165, 1.54) is 0 Å². The Balaban J connectivity index is 1.48. The summed E-state index contributed by atoms with van der Waals surface area (Å²) >= 11 is 0. The summed E-state index contributed by atoms with van der Waals surface area (Å²) < 4.78 is 18.7. The average Bonchev–Trinajstić information content (AvgIpc) is 2.88. The van der Waals surface area contributed by atoms with E-state index in [1.807, 2.05) is 6.92 Å². The largest absolute Gasteiger partial charge is 0.493 e. The second-order valence-corrected chi connectivity index (χ2v) is 12.2. The zero-order chi connectivity index (χ0) is 29.0. The van der Waals surface area contributed by atoms with E-state index in [4.69, 9.17) is 25.7 Å². The van der Waals surface area contributed by atoms with Gasteiger partial charge in [0.1, 0.15) is 29.7 Å². The molecule has 3 fully saturated rings. The predicted octanol–water partition coefficient (Wildman–Crippen LogP) is -2.91.